The predicted octanol–water partition coefficient (Wildman–Crippen LogP) is 0.463. The van der Waals surface area contributed by atoms with Gasteiger partial charge in [0.2, 0.25) is 5.91 Å². The highest BCUT2D eigenvalue weighted by Gasteiger charge is 2.30. The van der Waals surface area contributed by atoms with Crippen molar-refractivity contribution in [1.82, 2.24) is 5.32 Å². The molecule has 5 nitrogen and oxygen atoms in total. The van der Waals surface area contributed by atoms with Gasteiger partial charge in [-0.3, -0.25) is 9.59 Å². The number of hydrogen-bond donors (Lipinski definition) is 2. The number of rotatable bonds is 4. The van der Waals surface area contributed by atoms with Crippen molar-refractivity contribution in [3.63, 3.8) is 0 Å². The second-order valence-corrected chi connectivity index (χ2v) is 4.66. The number of ether oxygens (including phenoxy) is 1. The van der Waals surface area contributed by atoms with Gasteiger partial charge in [0.25, 0.3) is 0 Å². The van der Waals surface area contributed by atoms with Gasteiger partial charge < -0.3 is 15.2 Å². The highest BCUT2D eigenvalue weighted by molar-refractivity contribution is 5.79. The maximum Gasteiger partial charge on any atom is 0.308 e. The van der Waals surface area contributed by atoms with Crippen molar-refractivity contribution >= 4 is 11.9 Å². The third-order valence-corrected chi connectivity index (χ3v) is 3.30. The number of aliphatic hydroxyl groups excluding tert-OH is 1. The summed E-state index contributed by atoms with van der Waals surface area (Å²) < 4.78 is 4.69. The minimum atomic E-state index is -0.208. The average molecular weight is 243 g/mol. The molecule has 0 aromatic rings. The van der Waals surface area contributed by atoms with Crippen LogP contribution in [0.4, 0.5) is 0 Å². The van der Waals surface area contributed by atoms with Crippen LogP contribution in [0.25, 0.3) is 0 Å². The summed E-state index contributed by atoms with van der Waals surface area (Å²) in [5, 5.41) is 11.6. The van der Waals surface area contributed by atoms with Crippen LogP contribution in [0.2, 0.25) is 0 Å². The molecule has 0 saturated heterocycles. The first kappa shape index (κ1) is 14.0. The van der Waals surface area contributed by atoms with E-state index in [1.165, 1.54) is 7.11 Å². The lowest BCUT2D eigenvalue weighted by atomic mass is 9.81. The van der Waals surface area contributed by atoms with Crippen molar-refractivity contribution in [2.24, 2.45) is 11.8 Å². The van der Waals surface area contributed by atoms with E-state index in [9.17, 15) is 9.59 Å². The predicted molar refractivity (Wildman–Crippen MR) is 62.2 cm³/mol. The molecule has 1 amide bonds. The van der Waals surface area contributed by atoms with Crippen LogP contribution in [0.1, 0.15) is 32.6 Å². The van der Waals surface area contributed by atoms with E-state index in [1.807, 2.05) is 0 Å². The van der Waals surface area contributed by atoms with Crippen LogP contribution in [0.3, 0.4) is 0 Å². The summed E-state index contributed by atoms with van der Waals surface area (Å²) in [5.41, 5.74) is 0. The summed E-state index contributed by atoms with van der Waals surface area (Å²) in [6.45, 7) is 1.71. The Labute approximate surface area is 102 Å². The number of nitrogens with one attached hydrogen (secondary N) is 1. The molecule has 5 heteroatoms. The first-order valence-corrected chi connectivity index (χ1v) is 6.07. The van der Waals surface area contributed by atoms with Crippen LogP contribution in [-0.2, 0) is 14.3 Å². The molecule has 1 aliphatic carbocycles. The maximum absolute atomic E-state index is 11.8. The lowest BCUT2D eigenvalue weighted by molar-refractivity contribution is -0.147. The molecule has 1 rings (SSSR count). The zero-order valence-electron chi connectivity index (χ0n) is 10.4. The van der Waals surface area contributed by atoms with E-state index in [2.05, 4.69) is 5.32 Å². The Morgan fingerprint density at radius 3 is 2.29 bits per heavy atom. The number of methoxy groups -OCH3 is 1. The lowest BCUT2D eigenvalue weighted by Crippen LogP contribution is -2.40. The molecule has 0 heterocycles. The first-order valence-electron chi connectivity index (χ1n) is 6.07. The number of carbonyl (C=O) groups excluding carboxylic acids is 2. The van der Waals surface area contributed by atoms with Crippen molar-refractivity contribution in [3.05, 3.63) is 0 Å². The number of amides is 1. The summed E-state index contributed by atoms with van der Waals surface area (Å²) in [4.78, 5) is 23.1. The Kier molecular flexibility index (Phi) is 5.41. The molecule has 0 aromatic carbocycles. The number of esters is 1. The standard InChI is InChI=1S/C12H21NO4/c1-8(7-14)13-11(15)9-3-5-10(6-4-9)12(16)17-2/h8-10,14H,3-7H2,1-2H3,(H,13,15)/t8-,9?,10?/m0/s1. The Bertz CT molecular complexity index is 272. The molecule has 0 spiro atoms. The molecule has 0 aliphatic heterocycles. The van der Waals surface area contributed by atoms with Crippen molar-refractivity contribution in [1.29, 1.82) is 0 Å². The molecule has 0 unspecified atom stereocenters. The maximum atomic E-state index is 11.8. The van der Waals surface area contributed by atoms with Crippen LogP contribution in [0, 0.1) is 11.8 Å². The fraction of sp³-hybridized carbons (Fsp3) is 0.833. The van der Waals surface area contributed by atoms with Gasteiger partial charge in [-0.1, -0.05) is 0 Å². The van der Waals surface area contributed by atoms with Gasteiger partial charge in [-0.2, -0.15) is 0 Å². The highest BCUT2D eigenvalue weighted by atomic mass is 16.5. The summed E-state index contributed by atoms with van der Waals surface area (Å²) in [7, 11) is 1.39. The molecule has 1 fully saturated rings. The summed E-state index contributed by atoms with van der Waals surface area (Å²) in [5.74, 6) is -0.285. The minimum absolute atomic E-state index is 0.0186. The van der Waals surface area contributed by atoms with Crippen LogP contribution in [0.15, 0.2) is 0 Å². The van der Waals surface area contributed by atoms with Gasteiger partial charge in [0.05, 0.1) is 19.6 Å². The zero-order chi connectivity index (χ0) is 12.8. The average Bonchev–Trinajstić information content (AvgIpc) is 2.37. The number of hydrogen-bond acceptors (Lipinski definition) is 4. The SMILES string of the molecule is COC(=O)C1CCC(C(=O)N[C@@H](C)CO)CC1. The third kappa shape index (κ3) is 4.00. The monoisotopic (exact) mass is 243 g/mol. The van der Waals surface area contributed by atoms with Crippen LogP contribution in [-0.4, -0.2) is 36.7 Å². The van der Waals surface area contributed by atoms with E-state index in [4.69, 9.17) is 9.84 Å². The van der Waals surface area contributed by atoms with E-state index in [0.29, 0.717) is 25.7 Å². The summed E-state index contributed by atoms with van der Waals surface area (Å²) in [6, 6.07) is -0.208. The first-order chi connectivity index (χ1) is 8.08. The van der Waals surface area contributed by atoms with E-state index >= 15 is 0 Å². The molecule has 1 atom stereocenters. The molecule has 0 bridgehead atoms. The van der Waals surface area contributed by atoms with Crippen molar-refractivity contribution in [3.8, 4) is 0 Å². The third-order valence-electron chi connectivity index (χ3n) is 3.30. The molecular formula is C12H21NO4. The molecule has 2 N–H and O–H groups in total. The van der Waals surface area contributed by atoms with Crippen LogP contribution >= 0.6 is 0 Å². The van der Waals surface area contributed by atoms with Crippen LogP contribution < -0.4 is 5.32 Å². The van der Waals surface area contributed by atoms with Gasteiger partial charge in [0.15, 0.2) is 0 Å². The van der Waals surface area contributed by atoms with E-state index in [1.54, 1.807) is 6.92 Å². The van der Waals surface area contributed by atoms with Crippen molar-refractivity contribution < 1.29 is 19.4 Å². The Hall–Kier alpha value is -1.10. The van der Waals surface area contributed by atoms with Crippen molar-refractivity contribution in [2.45, 2.75) is 38.6 Å². The molecule has 98 valence electrons. The molecule has 17 heavy (non-hydrogen) atoms. The van der Waals surface area contributed by atoms with Gasteiger partial charge in [-0.15, -0.1) is 0 Å². The largest absolute Gasteiger partial charge is 0.469 e. The van der Waals surface area contributed by atoms with Gasteiger partial charge in [-0.25, -0.2) is 0 Å². The smallest absolute Gasteiger partial charge is 0.308 e. The topological polar surface area (TPSA) is 75.6 Å². The fourth-order valence-corrected chi connectivity index (χ4v) is 2.16. The van der Waals surface area contributed by atoms with E-state index in [-0.39, 0.29) is 36.4 Å². The van der Waals surface area contributed by atoms with Crippen molar-refractivity contribution in [2.75, 3.05) is 13.7 Å². The van der Waals surface area contributed by atoms with Gasteiger partial charge in [0, 0.05) is 12.0 Å². The Balaban J connectivity index is 2.36. The van der Waals surface area contributed by atoms with Crippen LogP contribution in [0.5, 0.6) is 0 Å². The number of carbonyl (C=O) groups is 2. The quantitative estimate of drug-likeness (QED) is 0.703. The molecule has 0 radical (unpaired) electrons. The molecule has 1 aliphatic rings. The fourth-order valence-electron chi connectivity index (χ4n) is 2.16. The van der Waals surface area contributed by atoms with E-state index < -0.39 is 0 Å². The normalized spacial score (nSPS) is 26.1. The van der Waals surface area contributed by atoms with Gasteiger partial charge >= 0.3 is 5.97 Å². The van der Waals surface area contributed by atoms with Gasteiger partial charge in [-0.05, 0) is 32.6 Å². The molecule has 0 aromatic heterocycles. The summed E-state index contributed by atoms with van der Waals surface area (Å²) in [6.07, 6.45) is 2.84. The van der Waals surface area contributed by atoms with Gasteiger partial charge in [0.1, 0.15) is 0 Å². The highest BCUT2D eigenvalue weighted by Crippen LogP contribution is 2.29. The minimum Gasteiger partial charge on any atom is -0.469 e. The van der Waals surface area contributed by atoms with E-state index in [0.717, 1.165) is 0 Å². The Morgan fingerprint density at radius 2 is 1.82 bits per heavy atom. The second kappa shape index (κ2) is 6.59. The number of aliphatic hydroxyl groups is 1. The lowest BCUT2D eigenvalue weighted by Gasteiger charge is -2.26. The molecule has 1 saturated carbocycles. The molecular weight excluding hydrogens is 222 g/mol. The Morgan fingerprint density at radius 1 is 1.29 bits per heavy atom. The second-order valence-electron chi connectivity index (χ2n) is 4.66. The summed E-state index contributed by atoms with van der Waals surface area (Å²) >= 11 is 0. The zero-order valence-corrected chi connectivity index (χ0v) is 10.4.